The first kappa shape index (κ1) is 12.4. The van der Waals surface area contributed by atoms with Crippen molar-refractivity contribution in [1.29, 1.82) is 0 Å². The molecule has 2 rings (SSSR count). The molecule has 1 aromatic heterocycles. The Labute approximate surface area is 109 Å². The van der Waals surface area contributed by atoms with Crippen LogP contribution in [0.1, 0.15) is 18.9 Å². The van der Waals surface area contributed by atoms with Crippen molar-refractivity contribution in [2.45, 2.75) is 29.4 Å². The molecule has 1 heterocycles. The lowest BCUT2D eigenvalue weighted by Crippen LogP contribution is -2.05. The monoisotopic (exact) mass is 265 g/mol. The summed E-state index contributed by atoms with van der Waals surface area (Å²) in [5, 5.41) is 8.96. The van der Waals surface area contributed by atoms with Gasteiger partial charge < -0.3 is 5.73 Å². The Morgan fingerprint density at radius 1 is 1.29 bits per heavy atom. The lowest BCUT2D eigenvalue weighted by molar-refractivity contribution is 0.813. The van der Waals surface area contributed by atoms with Crippen molar-refractivity contribution >= 4 is 28.2 Å². The van der Waals surface area contributed by atoms with Crippen LogP contribution in [-0.2, 0) is 6.42 Å². The van der Waals surface area contributed by atoms with Crippen molar-refractivity contribution in [2.24, 2.45) is 0 Å². The normalized spacial score (nSPS) is 12.5. The molecule has 5 heteroatoms. The third-order valence-electron chi connectivity index (χ3n) is 2.45. The first-order chi connectivity index (χ1) is 8.28. The molecule has 0 saturated carbocycles. The van der Waals surface area contributed by atoms with Gasteiger partial charge in [-0.2, -0.15) is 0 Å². The lowest BCUT2D eigenvalue weighted by Gasteiger charge is -2.12. The predicted octanol–water partition coefficient (Wildman–Crippen LogP) is 3.23. The first-order valence-corrected chi connectivity index (χ1v) is 7.27. The van der Waals surface area contributed by atoms with Crippen LogP contribution >= 0.6 is 23.1 Å². The van der Waals surface area contributed by atoms with E-state index < -0.39 is 0 Å². The van der Waals surface area contributed by atoms with Crippen LogP contribution in [0, 0.1) is 0 Å². The number of nitrogens with two attached hydrogens (primary N) is 1. The van der Waals surface area contributed by atoms with Crippen LogP contribution in [0.4, 0.5) is 5.13 Å². The van der Waals surface area contributed by atoms with E-state index in [-0.39, 0.29) is 0 Å². The lowest BCUT2D eigenvalue weighted by atomic mass is 10.1. The molecule has 0 aliphatic carbocycles. The summed E-state index contributed by atoms with van der Waals surface area (Å²) in [6, 6.07) is 10.5. The predicted molar refractivity (Wildman–Crippen MR) is 74.4 cm³/mol. The largest absolute Gasteiger partial charge is 0.374 e. The Morgan fingerprint density at radius 3 is 2.65 bits per heavy atom. The number of hydrogen-bond donors (Lipinski definition) is 1. The topological polar surface area (TPSA) is 51.8 Å². The summed E-state index contributed by atoms with van der Waals surface area (Å²) in [4.78, 5) is 0. The Morgan fingerprint density at radius 2 is 2.06 bits per heavy atom. The standard InChI is InChI=1S/C12H15N3S2/c1-2-10(8-9-6-4-3-5-7-9)16-12-15-14-11(13)17-12/h3-7,10H,2,8H2,1H3,(H2,13,14). The summed E-state index contributed by atoms with van der Waals surface area (Å²) in [5.74, 6) is 0. The summed E-state index contributed by atoms with van der Waals surface area (Å²) in [6.45, 7) is 2.20. The Balaban J connectivity index is 1.98. The van der Waals surface area contributed by atoms with E-state index in [4.69, 9.17) is 5.73 Å². The molecule has 0 fully saturated rings. The molecule has 2 aromatic rings. The SMILES string of the molecule is CCC(Cc1ccccc1)Sc1nnc(N)s1. The minimum atomic E-state index is 0.532. The molecule has 0 spiro atoms. The number of rotatable bonds is 5. The maximum absolute atomic E-state index is 5.58. The smallest absolute Gasteiger partial charge is 0.203 e. The molecular weight excluding hydrogens is 250 g/mol. The van der Waals surface area contributed by atoms with Gasteiger partial charge in [-0.25, -0.2) is 0 Å². The number of benzene rings is 1. The first-order valence-electron chi connectivity index (χ1n) is 5.57. The Bertz CT molecular complexity index is 456. The molecule has 0 radical (unpaired) electrons. The van der Waals surface area contributed by atoms with Crippen LogP contribution in [0.3, 0.4) is 0 Å². The molecule has 0 saturated heterocycles. The fourth-order valence-electron chi connectivity index (χ4n) is 1.56. The molecule has 0 aliphatic heterocycles. The molecule has 0 aliphatic rings. The van der Waals surface area contributed by atoms with Crippen molar-refractivity contribution in [3.63, 3.8) is 0 Å². The number of hydrogen-bond acceptors (Lipinski definition) is 5. The van der Waals surface area contributed by atoms with Gasteiger partial charge >= 0.3 is 0 Å². The number of anilines is 1. The van der Waals surface area contributed by atoms with Gasteiger partial charge in [0.1, 0.15) is 0 Å². The summed E-state index contributed by atoms with van der Waals surface area (Å²) in [5.41, 5.74) is 6.95. The number of thioether (sulfide) groups is 1. The molecular formula is C12H15N3S2. The van der Waals surface area contributed by atoms with E-state index in [0.29, 0.717) is 10.4 Å². The molecule has 90 valence electrons. The Hall–Kier alpha value is -1.07. The van der Waals surface area contributed by atoms with Gasteiger partial charge in [0.25, 0.3) is 0 Å². The molecule has 1 atom stereocenters. The summed E-state index contributed by atoms with van der Waals surface area (Å²) >= 11 is 3.23. The molecule has 0 bridgehead atoms. The number of nitrogens with zero attached hydrogens (tertiary/aromatic N) is 2. The van der Waals surface area contributed by atoms with Crippen molar-refractivity contribution in [2.75, 3.05) is 5.73 Å². The van der Waals surface area contributed by atoms with Gasteiger partial charge in [-0.15, -0.1) is 10.2 Å². The third-order valence-corrected chi connectivity index (χ3v) is 4.65. The second-order valence-corrected chi connectivity index (χ2v) is 6.30. The minimum Gasteiger partial charge on any atom is -0.374 e. The van der Waals surface area contributed by atoms with E-state index in [2.05, 4.69) is 41.4 Å². The van der Waals surface area contributed by atoms with Crippen LogP contribution in [0.15, 0.2) is 34.7 Å². The summed E-state index contributed by atoms with van der Waals surface area (Å²) < 4.78 is 0.963. The van der Waals surface area contributed by atoms with Crippen molar-refractivity contribution in [1.82, 2.24) is 10.2 Å². The van der Waals surface area contributed by atoms with Gasteiger partial charge in [0.15, 0.2) is 4.34 Å². The molecule has 1 aromatic carbocycles. The van der Waals surface area contributed by atoms with Gasteiger partial charge in [-0.05, 0) is 18.4 Å². The van der Waals surface area contributed by atoms with Gasteiger partial charge in [0.05, 0.1) is 0 Å². The average Bonchev–Trinajstić information content (AvgIpc) is 2.75. The van der Waals surface area contributed by atoms with Gasteiger partial charge in [-0.3, -0.25) is 0 Å². The van der Waals surface area contributed by atoms with E-state index in [9.17, 15) is 0 Å². The van der Waals surface area contributed by atoms with Crippen molar-refractivity contribution in [3.05, 3.63) is 35.9 Å². The summed E-state index contributed by atoms with van der Waals surface area (Å²) in [6.07, 6.45) is 2.17. The van der Waals surface area contributed by atoms with E-state index in [1.54, 1.807) is 11.8 Å². The van der Waals surface area contributed by atoms with E-state index in [0.717, 1.165) is 17.2 Å². The minimum absolute atomic E-state index is 0.532. The number of aromatic nitrogens is 2. The fraction of sp³-hybridized carbons (Fsp3) is 0.333. The highest BCUT2D eigenvalue weighted by atomic mass is 32.2. The van der Waals surface area contributed by atoms with Crippen LogP contribution < -0.4 is 5.73 Å². The Kier molecular flexibility index (Phi) is 4.39. The second kappa shape index (κ2) is 6.02. The van der Waals surface area contributed by atoms with Gasteiger partial charge in [0.2, 0.25) is 5.13 Å². The zero-order valence-electron chi connectivity index (χ0n) is 9.67. The summed E-state index contributed by atoms with van der Waals surface area (Å²) in [7, 11) is 0. The molecule has 0 amide bonds. The van der Waals surface area contributed by atoms with Crippen molar-refractivity contribution in [3.8, 4) is 0 Å². The molecule has 1 unspecified atom stereocenters. The van der Waals surface area contributed by atoms with Crippen LogP contribution in [0.5, 0.6) is 0 Å². The highest BCUT2D eigenvalue weighted by Crippen LogP contribution is 2.30. The maximum Gasteiger partial charge on any atom is 0.203 e. The van der Waals surface area contributed by atoms with E-state index in [1.165, 1.54) is 16.9 Å². The van der Waals surface area contributed by atoms with Gasteiger partial charge in [-0.1, -0.05) is 60.4 Å². The van der Waals surface area contributed by atoms with Crippen LogP contribution in [0.25, 0.3) is 0 Å². The van der Waals surface area contributed by atoms with Gasteiger partial charge in [0, 0.05) is 5.25 Å². The molecule has 2 N–H and O–H groups in total. The zero-order valence-corrected chi connectivity index (χ0v) is 11.3. The highest BCUT2D eigenvalue weighted by Gasteiger charge is 2.12. The molecule has 3 nitrogen and oxygen atoms in total. The molecule has 17 heavy (non-hydrogen) atoms. The third kappa shape index (κ3) is 3.71. The maximum atomic E-state index is 5.58. The van der Waals surface area contributed by atoms with Crippen LogP contribution in [0.2, 0.25) is 0 Å². The highest BCUT2D eigenvalue weighted by molar-refractivity contribution is 8.01. The van der Waals surface area contributed by atoms with Crippen LogP contribution in [-0.4, -0.2) is 15.4 Å². The quantitative estimate of drug-likeness (QED) is 0.843. The fourth-order valence-corrected chi connectivity index (χ4v) is 3.57. The average molecular weight is 265 g/mol. The van der Waals surface area contributed by atoms with Crippen molar-refractivity contribution < 1.29 is 0 Å². The van der Waals surface area contributed by atoms with E-state index in [1.807, 2.05) is 6.07 Å². The second-order valence-electron chi connectivity index (χ2n) is 3.74. The zero-order chi connectivity index (χ0) is 12.1. The number of nitrogen functional groups attached to an aromatic ring is 1. The van der Waals surface area contributed by atoms with E-state index >= 15 is 0 Å².